The summed E-state index contributed by atoms with van der Waals surface area (Å²) in [5.41, 5.74) is 13.4. The number of fused-ring (bicyclic) bond motifs is 1. The number of nitrogens with zero attached hydrogens (tertiary/aromatic N) is 5. The fourth-order valence-electron chi connectivity index (χ4n) is 2.98. The molecule has 1 amide bonds. The summed E-state index contributed by atoms with van der Waals surface area (Å²) in [4.78, 5) is 32.1. The number of para-hydroxylation sites is 1. The fraction of sp³-hybridized carbons (Fsp3) is 0.250. The van der Waals surface area contributed by atoms with Crippen molar-refractivity contribution in [2.75, 3.05) is 41.7 Å². The zero-order valence-electron chi connectivity index (χ0n) is 13.5. The molecule has 0 unspecified atom stereocenters. The number of carbonyl (C=O) groups is 1. The van der Waals surface area contributed by atoms with Crippen molar-refractivity contribution in [2.45, 2.75) is 0 Å². The number of aromatic amines is 1. The summed E-state index contributed by atoms with van der Waals surface area (Å²) < 4.78 is 0. The third-order valence-corrected chi connectivity index (χ3v) is 4.29. The molecule has 1 aliphatic rings. The molecule has 128 valence electrons. The maximum absolute atomic E-state index is 11.5. The molecule has 0 spiro atoms. The van der Waals surface area contributed by atoms with E-state index in [0.29, 0.717) is 22.7 Å². The number of nitrogens with two attached hydrogens (primary N) is 2. The third kappa shape index (κ3) is 2.80. The lowest BCUT2D eigenvalue weighted by Crippen LogP contribution is -2.47. The number of anilines is 3. The van der Waals surface area contributed by atoms with Crippen LogP contribution in [0.5, 0.6) is 0 Å². The van der Waals surface area contributed by atoms with Gasteiger partial charge in [0.25, 0.3) is 5.91 Å². The topological polar surface area (TPSA) is 130 Å². The Morgan fingerprint density at radius 3 is 2.44 bits per heavy atom. The number of hydrogen-bond acceptors (Lipinski definition) is 7. The second-order valence-electron chi connectivity index (χ2n) is 5.92. The molecule has 2 aromatic heterocycles. The molecule has 0 atom stereocenters. The van der Waals surface area contributed by atoms with Gasteiger partial charge in [0.1, 0.15) is 5.52 Å². The molecule has 9 heteroatoms. The van der Waals surface area contributed by atoms with E-state index in [4.69, 9.17) is 11.5 Å². The van der Waals surface area contributed by atoms with Crippen LogP contribution < -0.4 is 21.3 Å². The van der Waals surface area contributed by atoms with E-state index in [0.717, 1.165) is 37.6 Å². The largest absolute Gasteiger partial charge is 0.396 e. The van der Waals surface area contributed by atoms with Gasteiger partial charge in [-0.3, -0.25) is 4.79 Å². The molecule has 1 fully saturated rings. The van der Waals surface area contributed by atoms with Crippen LogP contribution >= 0.6 is 0 Å². The molecule has 25 heavy (non-hydrogen) atoms. The second-order valence-corrected chi connectivity index (χ2v) is 5.92. The number of hydrogen-bond donors (Lipinski definition) is 3. The van der Waals surface area contributed by atoms with Crippen LogP contribution in [0.25, 0.3) is 11.0 Å². The Morgan fingerprint density at radius 1 is 1.08 bits per heavy atom. The Labute approximate surface area is 143 Å². The first-order valence-electron chi connectivity index (χ1n) is 7.98. The Bertz CT molecular complexity index is 912. The minimum absolute atomic E-state index is 0.425. The highest BCUT2D eigenvalue weighted by molar-refractivity contribution is 6.04. The zero-order chi connectivity index (χ0) is 17.4. The molecule has 4 rings (SSSR count). The van der Waals surface area contributed by atoms with Crippen LogP contribution in [-0.2, 0) is 0 Å². The summed E-state index contributed by atoms with van der Waals surface area (Å²) in [7, 11) is 0. The van der Waals surface area contributed by atoms with Gasteiger partial charge < -0.3 is 26.3 Å². The Kier molecular flexibility index (Phi) is 3.60. The van der Waals surface area contributed by atoms with Gasteiger partial charge in [-0.25, -0.2) is 15.0 Å². The molecule has 0 radical (unpaired) electrons. The minimum Gasteiger partial charge on any atom is -0.396 e. The molecule has 0 bridgehead atoms. The van der Waals surface area contributed by atoms with E-state index in [1.165, 1.54) is 0 Å². The summed E-state index contributed by atoms with van der Waals surface area (Å²) >= 11 is 0. The molecule has 3 aromatic rings. The number of carbonyl (C=O) groups excluding carboxylic acids is 1. The number of nitrogens with one attached hydrogen (secondary N) is 1. The molecule has 9 nitrogen and oxygen atoms in total. The minimum atomic E-state index is -0.478. The zero-order valence-corrected chi connectivity index (χ0v) is 13.5. The Morgan fingerprint density at radius 2 is 1.76 bits per heavy atom. The van der Waals surface area contributed by atoms with Crippen LogP contribution in [0.15, 0.2) is 30.6 Å². The Balaban J connectivity index is 1.52. The van der Waals surface area contributed by atoms with Gasteiger partial charge in [0.15, 0.2) is 0 Å². The lowest BCUT2D eigenvalue weighted by Gasteiger charge is -2.34. The summed E-state index contributed by atoms with van der Waals surface area (Å²) in [5.74, 6) is 0.935. The van der Waals surface area contributed by atoms with E-state index in [1.54, 1.807) is 24.5 Å². The molecule has 1 saturated heterocycles. The van der Waals surface area contributed by atoms with Gasteiger partial charge in [-0.15, -0.1) is 0 Å². The average Bonchev–Trinajstić information content (AvgIpc) is 3.06. The molecule has 1 aliphatic heterocycles. The normalized spacial score (nSPS) is 14.9. The third-order valence-electron chi connectivity index (χ3n) is 4.29. The van der Waals surface area contributed by atoms with Crippen molar-refractivity contribution in [3.63, 3.8) is 0 Å². The van der Waals surface area contributed by atoms with Crippen LogP contribution in [0.4, 0.5) is 17.6 Å². The van der Waals surface area contributed by atoms with Gasteiger partial charge in [0.05, 0.1) is 29.2 Å². The van der Waals surface area contributed by atoms with Crippen molar-refractivity contribution < 1.29 is 4.79 Å². The second kappa shape index (κ2) is 5.93. The molecular formula is C16H18N8O. The van der Waals surface area contributed by atoms with Crippen molar-refractivity contribution in [1.29, 1.82) is 0 Å². The molecule has 5 N–H and O–H groups in total. The van der Waals surface area contributed by atoms with Crippen LogP contribution in [0.3, 0.4) is 0 Å². The number of primary amides is 1. The lowest BCUT2D eigenvalue weighted by atomic mass is 10.2. The lowest BCUT2D eigenvalue weighted by molar-refractivity contribution is 0.100. The fourth-order valence-corrected chi connectivity index (χ4v) is 2.98. The molecule has 1 aromatic carbocycles. The predicted molar refractivity (Wildman–Crippen MR) is 95.5 cm³/mol. The van der Waals surface area contributed by atoms with Crippen LogP contribution in [0, 0.1) is 0 Å². The van der Waals surface area contributed by atoms with Crippen LogP contribution in [0.2, 0.25) is 0 Å². The van der Waals surface area contributed by atoms with E-state index in [2.05, 4.69) is 29.7 Å². The number of nitrogen functional groups attached to an aromatic ring is 1. The van der Waals surface area contributed by atoms with Crippen molar-refractivity contribution >= 4 is 34.5 Å². The van der Waals surface area contributed by atoms with Crippen molar-refractivity contribution in [3.8, 4) is 0 Å². The average molecular weight is 338 g/mol. The number of H-pyrrole nitrogens is 1. The predicted octanol–water partition coefficient (Wildman–Crippen LogP) is 0.361. The first-order valence-corrected chi connectivity index (χ1v) is 7.98. The van der Waals surface area contributed by atoms with E-state index < -0.39 is 5.91 Å². The van der Waals surface area contributed by atoms with Gasteiger partial charge in [0, 0.05) is 26.2 Å². The molecular weight excluding hydrogens is 320 g/mol. The maximum Gasteiger partial charge on any atom is 0.250 e. The highest BCUT2D eigenvalue weighted by Crippen LogP contribution is 2.22. The summed E-state index contributed by atoms with van der Waals surface area (Å²) in [5, 5.41) is 0. The van der Waals surface area contributed by atoms with Gasteiger partial charge in [0.2, 0.25) is 11.9 Å². The molecule has 3 heterocycles. The number of amides is 1. The summed E-state index contributed by atoms with van der Waals surface area (Å²) in [6, 6.07) is 5.36. The van der Waals surface area contributed by atoms with Gasteiger partial charge in [-0.05, 0) is 12.1 Å². The first kappa shape index (κ1) is 15.2. The summed E-state index contributed by atoms with van der Waals surface area (Å²) in [6.45, 7) is 3.06. The quantitative estimate of drug-likeness (QED) is 0.628. The van der Waals surface area contributed by atoms with Gasteiger partial charge >= 0.3 is 0 Å². The van der Waals surface area contributed by atoms with Crippen molar-refractivity contribution in [2.24, 2.45) is 5.73 Å². The highest BCUT2D eigenvalue weighted by atomic mass is 16.1. The van der Waals surface area contributed by atoms with Crippen molar-refractivity contribution in [3.05, 3.63) is 36.2 Å². The smallest absolute Gasteiger partial charge is 0.250 e. The number of rotatable bonds is 3. The highest BCUT2D eigenvalue weighted by Gasteiger charge is 2.22. The monoisotopic (exact) mass is 338 g/mol. The number of imidazole rings is 1. The van der Waals surface area contributed by atoms with Gasteiger partial charge in [-0.2, -0.15) is 0 Å². The molecule has 0 aliphatic carbocycles. The first-order chi connectivity index (χ1) is 12.1. The number of piperazine rings is 1. The van der Waals surface area contributed by atoms with Crippen molar-refractivity contribution in [1.82, 2.24) is 19.9 Å². The standard InChI is InChI=1S/C16H18N8O/c17-10-8-19-15(20-9-10)23-4-6-24(7-5-23)16-21-12-3-1-2-11(14(18)25)13(12)22-16/h1-3,8-9H,4-7,17H2,(H2,18,25)(H,21,22). The number of aromatic nitrogens is 4. The van der Waals surface area contributed by atoms with E-state index in [1.807, 2.05) is 6.07 Å². The van der Waals surface area contributed by atoms with Gasteiger partial charge in [-0.1, -0.05) is 6.07 Å². The maximum atomic E-state index is 11.5. The van der Waals surface area contributed by atoms with E-state index in [-0.39, 0.29) is 0 Å². The molecule has 0 saturated carbocycles. The summed E-state index contributed by atoms with van der Waals surface area (Å²) in [6.07, 6.45) is 3.22. The number of benzene rings is 1. The van der Waals surface area contributed by atoms with E-state index >= 15 is 0 Å². The Hall–Kier alpha value is -3.36. The SMILES string of the molecule is NC(=O)c1cccc2[nH]c(N3CCN(c4ncc(N)cn4)CC3)nc12. The van der Waals surface area contributed by atoms with E-state index in [9.17, 15) is 4.79 Å². The van der Waals surface area contributed by atoms with Crippen LogP contribution in [0.1, 0.15) is 10.4 Å². The van der Waals surface area contributed by atoms with Crippen LogP contribution in [-0.4, -0.2) is 52.0 Å².